The summed E-state index contributed by atoms with van der Waals surface area (Å²) >= 11 is 0. The molecule has 0 radical (unpaired) electrons. The Morgan fingerprint density at radius 3 is 2.25 bits per heavy atom. The van der Waals surface area contributed by atoms with Crippen LogP contribution in [0.5, 0.6) is 0 Å². The van der Waals surface area contributed by atoms with Gasteiger partial charge in [-0.05, 0) is 44.4 Å². The Bertz CT molecular complexity index is 151. The average Bonchev–Trinajstić information content (AvgIpc) is 1.94. The zero-order chi connectivity index (χ0) is 8.55. The van der Waals surface area contributed by atoms with E-state index in [-0.39, 0.29) is 0 Å². The van der Waals surface area contributed by atoms with Crippen LogP contribution in [-0.2, 0) is 0 Å². The minimum Gasteiger partial charge on any atom is -0.311 e. The topological polar surface area (TPSA) is 12.0 Å². The van der Waals surface area contributed by atoms with Gasteiger partial charge in [-0.3, -0.25) is 0 Å². The van der Waals surface area contributed by atoms with Crippen molar-refractivity contribution < 1.29 is 0 Å². The van der Waals surface area contributed by atoms with Crippen LogP contribution in [0.4, 0.5) is 0 Å². The van der Waals surface area contributed by atoms with Gasteiger partial charge in [-0.1, -0.05) is 13.3 Å². The first-order valence-corrected chi connectivity index (χ1v) is 5.53. The molecule has 1 heteroatoms. The first-order valence-electron chi connectivity index (χ1n) is 5.53. The molecule has 2 unspecified atom stereocenters. The van der Waals surface area contributed by atoms with E-state index < -0.39 is 0 Å². The second-order valence-corrected chi connectivity index (χ2v) is 4.81. The van der Waals surface area contributed by atoms with Gasteiger partial charge in [0.2, 0.25) is 0 Å². The first-order chi connectivity index (χ1) is 5.77. The van der Waals surface area contributed by atoms with E-state index in [1.165, 1.54) is 32.1 Å². The van der Waals surface area contributed by atoms with E-state index in [2.05, 4.69) is 19.2 Å². The van der Waals surface area contributed by atoms with Crippen molar-refractivity contribution in [3.63, 3.8) is 0 Å². The van der Waals surface area contributed by atoms with Crippen molar-refractivity contribution in [2.24, 2.45) is 11.8 Å². The molecule has 2 rings (SSSR count). The molecule has 0 saturated heterocycles. The van der Waals surface area contributed by atoms with Crippen LogP contribution in [-0.4, -0.2) is 12.1 Å². The summed E-state index contributed by atoms with van der Waals surface area (Å²) in [5.74, 6) is 1.94. The normalized spacial score (nSPS) is 38.5. The van der Waals surface area contributed by atoms with Crippen LogP contribution in [0.15, 0.2) is 0 Å². The summed E-state index contributed by atoms with van der Waals surface area (Å²) < 4.78 is 0. The zero-order valence-electron chi connectivity index (χ0n) is 8.34. The van der Waals surface area contributed by atoms with Gasteiger partial charge < -0.3 is 5.32 Å². The molecule has 2 aliphatic carbocycles. The Morgan fingerprint density at radius 1 is 1.17 bits per heavy atom. The van der Waals surface area contributed by atoms with Gasteiger partial charge in [-0.2, -0.15) is 0 Å². The number of rotatable bonds is 3. The fourth-order valence-electron chi connectivity index (χ4n) is 2.33. The highest BCUT2D eigenvalue weighted by Crippen LogP contribution is 2.32. The largest absolute Gasteiger partial charge is 0.311 e. The van der Waals surface area contributed by atoms with Crippen molar-refractivity contribution >= 4 is 0 Å². The number of nitrogens with one attached hydrogen (secondary N) is 1. The highest BCUT2D eigenvalue weighted by Gasteiger charge is 2.31. The van der Waals surface area contributed by atoms with Gasteiger partial charge in [-0.25, -0.2) is 0 Å². The molecule has 12 heavy (non-hydrogen) atoms. The lowest BCUT2D eigenvalue weighted by Gasteiger charge is -2.41. The van der Waals surface area contributed by atoms with Gasteiger partial charge in [0.25, 0.3) is 0 Å². The maximum Gasteiger partial charge on any atom is 0.00954 e. The molecule has 1 nitrogen and oxygen atoms in total. The Morgan fingerprint density at radius 2 is 1.92 bits per heavy atom. The molecule has 0 bridgehead atoms. The maximum atomic E-state index is 3.77. The van der Waals surface area contributed by atoms with E-state index in [1.807, 2.05) is 0 Å². The minimum atomic E-state index is 0.784. The summed E-state index contributed by atoms with van der Waals surface area (Å²) in [6, 6.07) is 1.63. The molecule has 0 aliphatic heterocycles. The summed E-state index contributed by atoms with van der Waals surface area (Å²) in [4.78, 5) is 0. The van der Waals surface area contributed by atoms with E-state index in [4.69, 9.17) is 0 Å². The fourth-order valence-corrected chi connectivity index (χ4v) is 2.33. The molecule has 1 N–H and O–H groups in total. The molecule has 2 aliphatic rings. The summed E-state index contributed by atoms with van der Waals surface area (Å²) in [6.45, 7) is 4.74. The average molecular weight is 167 g/mol. The van der Waals surface area contributed by atoms with E-state index in [0.717, 1.165) is 23.9 Å². The molecule has 0 aromatic rings. The summed E-state index contributed by atoms with van der Waals surface area (Å²) in [5.41, 5.74) is 0. The summed E-state index contributed by atoms with van der Waals surface area (Å²) in [6.07, 6.45) is 7.26. The minimum absolute atomic E-state index is 0.784. The molecule has 2 fully saturated rings. The zero-order valence-corrected chi connectivity index (χ0v) is 8.34. The van der Waals surface area contributed by atoms with E-state index in [1.54, 1.807) is 0 Å². The lowest BCUT2D eigenvalue weighted by atomic mass is 9.77. The van der Waals surface area contributed by atoms with Gasteiger partial charge in [0.1, 0.15) is 0 Å². The van der Waals surface area contributed by atoms with Gasteiger partial charge in [-0.15, -0.1) is 0 Å². The van der Waals surface area contributed by atoms with Crippen LogP contribution in [0, 0.1) is 11.8 Å². The maximum absolute atomic E-state index is 3.77. The van der Waals surface area contributed by atoms with Gasteiger partial charge in [0, 0.05) is 12.1 Å². The van der Waals surface area contributed by atoms with Crippen LogP contribution >= 0.6 is 0 Å². The standard InChI is InChI=1S/C11H21N/c1-8-6-7-11(8)12-9(2)10-4-3-5-10/h8-12H,3-7H2,1-2H3/t8?,9-,11?/m0/s1. The van der Waals surface area contributed by atoms with E-state index >= 15 is 0 Å². The first kappa shape index (κ1) is 8.55. The fraction of sp³-hybridized carbons (Fsp3) is 1.00. The van der Waals surface area contributed by atoms with Crippen LogP contribution < -0.4 is 5.32 Å². The molecule has 70 valence electrons. The van der Waals surface area contributed by atoms with Crippen LogP contribution in [0.25, 0.3) is 0 Å². The molecular formula is C11H21N. The van der Waals surface area contributed by atoms with Crippen molar-refractivity contribution in [2.45, 2.75) is 58.0 Å². The Balaban J connectivity index is 1.70. The van der Waals surface area contributed by atoms with Crippen molar-refractivity contribution in [3.8, 4) is 0 Å². The lowest BCUT2D eigenvalue weighted by molar-refractivity contribution is 0.160. The Kier molecular flexibility index (Phi) is 2.40. The molecule has 2 saturated carbocycles. The van der Waals surface area contributed by atoms with Gasteiger partial charge in [0.05, 0.1) is 0 Å². The molecule has 0 heterocycles. The van der Waals surface area contributed by atoms with Crippen molar-refractivity contribution in [2.75, 3.05) is 0 Å². The highest BCUT2D eigenvalue weighted by molar-refractivity contribution is 4.88. The predicted octanol–water partition coefficient (Wildman–Crippen LogP) is 2.56. The Hall–Kier alpha value is -0.0400. The van der Waals surface area contributed by atoms with E-state index in [9.17, 15) is 0 Å². The molecule has 0 aromatic heterocycles. The Labute approximate surface area is 75.9 Å². The predicted molar refractivity (Wildman–Crippen MR) is 52.1 cm³/mol. The highest BCUT2D eigenvalue weighted by atomic mass is 15.0. The van der Waals surface area contributed by atoms with Gasteiger partial charge >= 0.3 is 0 Å². The number of hydrogen-bond acceptors (Lipinski definition) is 1. The van der Waals surface area contributed by atoms with Crippen molar-refractivity contribution in [3.05, 3.63) is 0 Å². The molecule has 0 spiro atoms. The van der Waals surface area contributed by atoms with Gasteiger partial charge in [0.15, 0.2) is 0 Å². The summed E-state index contributed by atoms with van der Waals surface area (Å²) in [5, 5.41) is 3.77. The second-order valence-electron chi connectivity index (χ2n) is 4.81. The number of hydrogen-bond donors (Lipinski definition) is 1. The van der Waals surface area contributed by atoms with Crippen LogP contribution in [0.3, 0.4) is 0 Å². The van der Waals surface area contributed by atoms with E-state index in [0.29, 0.717) is 0 Å². The molecule has 0 amide bonds. The second kappa shape index (κ2) is 3.37. The lowest BCUT2D eigenvalue weighted by Crippen LogP contribution is -2.50. The quantitative estimate of drug-likeness (QED) is 0.681. The third kappa shape index (κ3) is 1.52. The molecular weight excluding hydrogens is 146 g/mol. The third-order valence-corrected chi connectivity index (χ3v) is 3.95. The smallest absolute Gasteiger partial charge is 0.00954 e. The SMILES string of the molecule is CC1CCC1N[C@@H](C)C1CCC1. The molecule has 3 atom stereocenters. The van der Waals surface area contributed by atoms with Crippen LogP contribution in [0.1, 0.15) is 46.0 Å². The molecule has 0 aromatic carbocycles. The van der Waals surface area contributed by atoms with Crippen LogP contribution in [0.2, 0.25) is 0 Å². The van der Waals surface area contributed by atoms with Crippen molar-refractivity contribution in [1.82, 2.24) is 5.32 Å². The third-order valence-electron chi connectivity index (χ3n) is 3.95. The monoisotopic (exact) mass is 167 g/mol. The van der Waals surface area contributed by atoms with Crippen molar-refractivity contribution in [1.29, 1.82) is 0 Å². The summed E-state index contributed by atoms with van der Waals surface area (Å²) in [7, 11) is 0.